The Morgan fingerprint density at radius 3 is 2.50 bits per heavy atom. The molecule has 118 valence electrons. The molecule has 1 amide bonds. The van der Waals surface area contributed by atoms with Crippen molar-refractivity contribution >= 4 is 11.9 Å². The highest BCUT2D eigenvalue weighted by Crippen LogP contribution is 2.31. The number of likely N-dealkylation sites (tertiary alicyclic amines) is 1. The molecule has 5 heteroatoms. The number of esters is 1. The van der Waals surface area contributed by atoms with Crippen LogP contribution in [0.1, 0.15) is 40.0 Å². The van der Waals surface area contributed by atoms with Gasteiger partial charge in [0, 0.05) is 24.7 Å². The molecule has 3 rings (SSSR count). The standard InChI is InChI=1S/C17H22N2O3/c1-22-17(21)14-4-2-13(3-5-14)16(20)18-10-12-8-9-19(11-12)15-6-7-15/h2-5,12,15H,6-11H2,1H3,(H,18,20)/t12-/m0/s1. The number of hydrogen-bond donors (Lipinski definition) is 1. The summed E-state index contributed by atoms with van der Waals surface area (Å²) in [4.78, 5) is 26.0. The molecule has 1 saturated heterocycles. The lowest BCUT2D eigenvalue weighted by atomic mass is 10.1. The number of carbonyl (C=O) groups excluding carboxylic acids is 2. The maximum atomic E-state index is 12.1. The molecule has 5 nitrogen and oxygen atoms in total. The average Bonchev–Trinajstić information content (AvgIpc) is 3.30. The average molecular weight is 302 g/mol. The monoisotopic (exact) mass is 302 g/mol. The summed E-state index contributed by atoms with van der Waals surface area (Å²) in [5.41, 5.74) is 1.03. The minimum atomic E-state index is -0.391. The Hall–Kier alpha value is -1.88. The minimum absolute atomic E-state index is 0.0821. The van der Waals surface area contributed by atoms with E-state index in [0.717, 1.165) is 25.6 Å². The van der Waals surface area contributed by atoms with E-state index in [4.69, 9.17) is 0 Å². The van der Waals surface area contributed by atoms with Gasteiger partial charge in [-0.25, -0.2) is 4.79 Å². The zero-order valence-corrected chi connectivity index (χ0v) is 12.9. The molecule has 1 aromatic rings. The van der Waals surface area contributed by atoms with Gasteiger partial charge in [0.15, 0.2) is 0 Å². The first-order valence-corrected chi connectivity index (χ1v) is 7.88. The number of nitrogens with one attached hydrogen (secondary N) is 1. The van der Waals surface area contributed by atoms with E-state index in [-0.39, 0.29) is 5.91 Å². The van der Waals surface area contributed by atoms with Crippen LogP contribution in [0.2, 0.25) is 0 Å². The number of ether oxygens (including phenoxy) is 1. The minimum Gasteiger partial charge on any atom is -0.465 e. The third-order valence-corrected chi connectivity index (χ3v) is 4.50. The Kier molecular flexibility index (Phi) is 4.43. The van der Waals surface area contributed by atoms with Gasteiger partial charge in [0.2, 0.25) is 0 Å². The maximum Gasteiger partial charge on any atom is 0.337 e. The molecule has 1 atom stereocenters. The van der Waals surface area contributed by atoms with Crippen molar-refractivity contribution in [2.24, 2.45) is 5.92 Å². The molecule has 0 unspecified atom stereocenters. The first-order valence-electron chi connectivity index (χ1n) is 7.88. The largest absolute Gasteiger partial charge is 0.465 e. The van der Waals surface area contributed by atoms with Gasteiger partial charge in [0.1, 0.15) is 0 Å². The fraction of sp³-hybridized carbons (Fsp3) is 0.529. The molecule has 1 aromatic carbocycles. The Balaban J connectivity index is 1.48. The summed E-state index contributed by atoms with van der Waals surface area (Å²) < 4.78 is 4.64. The van der Waals surface area contributed by atoms with Gasteiger partial charge in [0.05, 0.1) is 12.7 Å². The molecule has 2 aliphatic rings. The van der Waals surface area contributed by atoms with Gasteiger partial charge in [-0.05, 0) is 56.0 Å². The summed E-state index contributed by atoms with van der Waals surface area (Å²) in [6, 6.07) is 7.36. The molecule has 1 N–H and O–H groups in total. The fourth-order valence-corrected chi connectivity index (χ4v) is 3.02. The van der Waals surface area contributed by atoms with E-state index in [1.807, 2.05) is 0 Å². The third kappa shape index (κ3) is 3.47. The van der Waals surface area contributed by atoms with Gasteiger partial charge in [-0.1, -0.05) is 0 Å². The Morgan fingerprint density at radius 2 is 1.86 bits per heavy atom. The van der Waals surface area contributed by atoms with Crippen molar-refractivity contribution in [3.63, 3.8) is 0 Å². The quantitative estimate of drug-likeness (QED) is 0.841. The van der Waals surface area contributed by atoms with E-state index in [1.165, 1.54) is 26.5 Å². The van der Waals surface area contributed by atoms with Crippen LogP contribution < -0.4 is 5.32 Å². The van der Waals surface area contributed by atoms with Crippen LogP contribution in [0.15, 0.2) is 24.3 Å². The van der Waals surface area contributed by atoms with Crippen LogP contribution in [0.4, 0.5) is 0 Å². The number of methoxy groups -OCH3 is 1. The highest BCUT2D eigenvalue weighted by atomic mass is 16.5. The van der Waals surface area contributed by atoms with Crippen LogP contribution in [0.25, 0.3) is 0 Å². The highest BCUT2D eigenvalue weighted by Gasteiger charge is 2.34. The Morgan fingerprint density at radius 1 is 1.18 bits per heavy atom. The maximum absolute atomic E-state index is 12.1. The SMILES string of the molecule is COC(=O)c1ccc(C(=O)NC[C@@H]2CCN(C3CC3)C2)cc1. The van der Waals surface area contributed by atoms with Gasteiger partial charge >= 0.3 is 5.97 Å². The number of hydrogen-bond acceptors (Lipinski definition) is 4. The van der Waals surface area contributed by atoms with Crippen molar-refractivity contribution in [2.75, 3.05) is 26.7 Å². The number of carbonyl (C=O) groups is 2. The normalized spacial score (nSPS) is 21.6. The molecular formula is C17H22N2O3. The van der Waals surface area contributed by atoms with Crippen LogP contribution in [0.5, 0.6) is 0 Å². The molecule has 0 aromatic heterocycles. The van der Waals surface area contributed by atoms with Gasteiger partial charge in [-0.3, -0.25) is 4.79 Å². The van der Waals surface area contributed by atoms with Crippen molar-refractivity contribution in [1.29, 1.82) is 0 Å². The summed E-state index contributed by atoms with van der Waals surface area (Å²) in [7, 11) is 1.34. The molecule has 1 saturated carbocycles. The van der Waals surface area contributed by atoms with Gasteiger partial charge in [-0.15, -0.1) is 0 Å². The molecule has 1 heterocycles. The molecule has 0 bridgehead atoms. The zero-order chi connectivity index (χ0) is 15.5. The predicted octanol–water partition coefficient (Wildman–Crippen LogP) is 1.69. The molecule has 1 aliphatic carbocycles. The van der Waals surface area contributed by atoms with Gasteiger partial charge in [-0.2, -0.15) is 0 Å². The summed E-state index contributed by atoms with van der Waals surface area (Å²) in [6.45, 7) is 2.99. The van der Waals surface area contributed by atoms with Crippen molar-refractivity contribution in [2.45, 2.75) is 25.3 Å². The van der Waals surface area contributed by atoms with Crippen LogP contribution in [-0.4, -0.2) is 49.6 Å². The Bertz CT molecular complexity index is 552. The van der Waals surface area contributed by atoms with E-state index in [2.05, 4.69) is 15.0 Å². The third-order valence-electron chi connectivity index (χ3n) is 4.50. The van der Waals surface area contributed by atoms with E-state index < -0.39 is 5.97 Å². The summed E-state index contributed by atoms with van der Waals surface area (Å²) in [5, 5.41) is 3.00. The van der Waals surface area contributed by atoms with Crippen LogP contribution >= 0.6 is 0 Å². The summed E-state index contributed by atoms with van der Waals surface area (Å²) in [6.07, 6.45) is 3.84. The first kappa shape index (κ1) is 15.0. The predicted molar refractivity (Wildman–Crippen MR) is 82.8 cm³/mol. The van der Waals surface area contributed by atoms with Crippen molar-refractivity contribution in [3.8, 4) is 0 Å². The van der Waals surface area contributed by atoms with E-state index in [1.54, 1.807) is 24.3 Å². The zero-order valence-electron chi connectivity index (χ0n) is 12.9. The van der Waals surface area contributed by atoms with Crippen LogP contribution in [-0.2, 0) is 4.74 Å². The number of rotatable bonds is 5. The lowest BCUT2D eigenvalue weighted by Gasteiger charge is -2.15. The molecule has 0 radical (unpaired) electrons. The van der Waals surface area contributed by atoms with Crippen molar-refractivity contribution in [3.05, 3.63) is 35.4 Å². The summed E-state index contributed by atoms with van der Waals surface area (Å²) in [5.74, 6) is 0.0817. The number of benzene rings is 1. The summed E-state index contributed by atoms with van der Waals surface area (Å²) >= 11 is 0. The molecular weight excluding hydrogens is 280 g/mol. The Labute approximate surface area is 130 Å². The van der Waals surface area contributed by atoms with E-state index in [9.17, 15) is 9.59 Å². The topological polar surface area (TPSA) is 58.6 Å². The molecule has 0 spiro atoms. The number of nitrogens with zero attached hydrogens (tertiary/aromatic N) is 1. The van der Waals surface area contributed by atoms with Crippen LogP contribution in [0, 0.1) is 5.92 Å². The second-order valence-electron chi connectivity index (χ2n) is 6.16. The number of amides is 1. The van der Waals surface area contributed by atoms with Crippen molar-refractivity contribution in [1.82, 2.24) is 10.2 Å². The first-order chi connectivity index (χ1) is 10.7. The second-order valence-corrected chi connectivity index (χ2v) is 6.16. The highest BCUT2D eigenvalue weighted by molar-refractivity contribution is 5.96. The molecule has 2 fully saturated rings. The molecule has 22 heavy (non-hydrogen) atoms. The lowest BCUT2D eigenvalue weighted by molar-refractivity contribution is 0.0600. The van der Waals surface area contributed by atoms with E-state index >= 15 is 0 Å². The van der Waals surface area contributed by atoms with Gasteiger partial charge < -0.3 is 15.0 Å². The van der Waals surface area contributed by atoms with Crippen molar-refractivity contribution < 1.29 is 14.3 Å². The van der Waals surface area contributed by atoms with E-state index in [0.29, 0.717) is 17.0 Å². The lowest BCUT2D eigenvalue weighted by Crippen LogP contribution is -2.31. The second kappa shape index (κ2) is 6.48. The van der Waals surface area contributed by atoms with Crippen LogP contribution in [0.3, 0.4) is 0 Å². The smallest absolute Gasteiger partial charge is 0.337 e. The molecule has 1 aliphatic heterocycles. The van der Waals surface area contributed by atoms with Gasteiger partial charge in [0.25, 0.3) is 5.91 Å². The fourth-order valence-electron chi connectivity index (χ4n) is 3.02.